The number of hydrogen-bond acceptors (Lipinski definition) is 5. The molecule has 5 nitrogen and oxygen atoms in total. The van der Waals surface area contributed by atoms with Crippen LogP contribution in [0.5, 0.6) is 17.5 Å². The first-order chi connectivity index (χ1) is 11.9. The number of aromatic nitrogens is 2. The Hall–Kier alpha value is -2.30. The Balaban J connectivity index is 1.90. The van der Waals surface area contributed by atoms with Crippen LogP contribution in [0.25, 0.3) is 0 Å². The van der Waals surface area contributed by atoms with Gasteiger partial charge in [0, 0.05) is 12.0 Å². The van der Waals surface area contributed by atoms with Gasteiger partial charge in [0.2, 0.25) is 0 Å². The molecular weight excluding hydrogens is 383 g/mol. The van der Waals surface area contributed by atoms with E-state index in [1.807, 2.05) is 0 Å². The molecule has 2 aromatic rings. The number of hydrogen-bond donors (Lipinski definition) is 0. The fourth-order valence-corrected chi connectivity index (χ4v) is 3.28. The number of halogens is 5. The topological polar surface area (TPSA) is 53.5 Å². The molecule has 0 N–H and O–H groups in total. The van der Waals surface area contributed by atoms with E-state index in [0.29, 0.717) is 23.4 Å². The third-order valence-electron chi connectivity index (χ3n) is 3.92. The second kappa shape index (κ2) is 5.35. The van der Waals surface area contributed by atoms with Crippen LogP contribution in [0.1, 0.15) is 17.2 Å². The van der Waals surface area contributed by atoms with Crippen LogP contribution >= 0.6 is 10.2 Å². The Morgan fingerprint density at radius 2 is 1.77 bits per heavy atom. The maximum absolute atomic E-state index is 12.9. The molecule has 1 atom stereocenters. The normalized spacial score (nSPS) is 19.6. The van der Waals surface area contributed by atoms with E-state index in [4.69, 9.17) is 14.2 Å². The molecule has 3 rings (SSSR count). The molecule has 0 bridgehead atoms. The maximum atomic E-state index is 12.9. The molecule has 0 fully saturated rings. The van der Waals surface area contributed by atoms with Gasteiger partial charge in [0.05, 0.1) is 32.7 Å². The first kappa shape index (κ1) is 18.5. The van der Waals surface area contributed by atoms with E-state index in [1.54, 1.807) is 0 Å². The summed E-state index contributed by atoms with van der Waals surface area (Å²) in [5.41, 5.74) is 0.869. The van der Waals surface area contributed by atoms with Crippen LogP contribution < -0.4 is 14.2 Å². The highest BCUT2D eigenvalue weighted by molar-refractivity contribution is 8.45. The number of rotatable bonds is 4. The van der Waals surface area contributed by atoms with Gasteiger partial charge in [-0.2, -0.15) is 0 Å². The minimum atomic E-state index is -9.74. The lowest BCUT2D eigenvalue weighted by atomic mass is 9.94. The summed E-state index contributed by atoms with van der Waals surface area (Å²) in [6, 6.07) is 1.74. The van der Waals surface area contributed by atoms with Crippen molar-refractivity contribution in [2.24, 2.45) is 0 Å². The SMILES string of the molecule is COc1ncc(C2COc3cc(S(F)(F)(F)(F)F)ccc3C2)nc1OC. The molecule has 11 heteroatoms. The lowest BCUT2D eigenvalue weighted by Gasteiger charge is -2.41. The van der Waals surface area contributed by atoms with Gasteiger partial charge in [-0.1, -0.05) is 25.5 Å². The van der Waals surface area contributed by atoms with Crippen LogP contribution in [0.4, 0.5) is 19.4 Å². The zero-order valence-corrected chi connectivity index (χ0v) is 14.5. The minimum Gasteiger partial charge on any atom is -0.493 e. The lowest BCUT2D eigenvalue weighted by molar-refractivity contribution is 0.256. The van der Waals surface area contributed by atoms with Gasteiger partial charge in [0.15, 0.2) is 0 Å². The summed E-state index contributed by atoms with van der Waals surface area (Å²) < 4.78 is 79.9. The molecule has 26 heavy (non-hydrogen) atoms. The second-order valence-corrected chi connectivity index (χ2v) is 8.17. The van der Waals surface area contributed by atoms with E-state index in [1.165, 1.54) is 20.4 Å². The first-order valence-electron chi connectivity index (χ1n) is 7.36. The van der Waals surface area contributed by atoms with E-state index >= 15 is 0 Å². The van der Waals surface area contributed by atoms with E-state index in [-0.39, 0.29) is 36.5 Å². The Kier molecular flexibility index (Phi) is 3.80. The molecule has 1 aliphatic rings. The Bertz CT molecular complexity index is 861. The molecule has 0 saturated carbocycles. The van der Waals surface area contributed by atoms with Gasteiger partial charge < -0.3 is 14.2 Å². The number of ether oxygens (including phenoxy) is 3. The van der Waals surface area contributed by atoms with Crippen molar-refractivity contribution in [1.82, 2.24) is 9.97 Å². The van der Waals surface area contributed by atoms with Gasteiger partial charge >= 0.3 is 10.2 Å². The molecule has 2 heterocycles. The molecule has 1 aliphatic heterocycles. The van der Waals surface area contributed by atoms with Crippen molar-refractivity contribution < 1.29 is 33.6 Å². The molecule has 0 amide bonds. The van der Waals surface area contributed by atoms with Crippen LogP contribution in [-0.2, 0) is 6.42 Å². The third-order valence-corrected chi connectivity index (χ3v) is 5.07. The summed E-state index contributed by atoms with van der Waals surface area (Å²) in [6.07, 6.45) is 1.71. The quantitative estimate of drug-likeness (QED) is 0.688. The highest BCUT2D eigenvalue weighted by Crippen LogP contribution is 3.02. The number of methoxy groups -OCH3 is 2. The van der Waals surface area contributed by atoms with Gasteiger partial charge in [-0.15, -0.1) is 0 Å². The van der Waals surface area contributed by atoms with E-state index in [2.05, 4.69) is 9.97 Å². The number of fused-ring (bicyclic) bond motifs is 1. The second-order valence-electron chi connectivity index (χ2n) is 5.76. The zero-order chi connectivity index (χ0) is 19.2. The number of benzene rings is 1. The van der Waals surface area contributed by atoms with Crippen LogP contribution in [0.15, 0.2) is 29.3 Å². The predicted octanol–water partition coefficient (Wildman–Crippen LogP) is 4.87. The summed E-state index contributed by atoms with van der Waals surface area (Å²) in [6.45, 7) is -0.0269. The summed E-state index contributed by atoms with van der Waals surface area (Å²) in [5, 5.41) is 0. The smallest absolute Gasteiger partial charge is 0.310 e. The third kappa shape index (κ3) is 3.62. The maximum Gasteiger partial charge on any atom is 0.310 e. The van der Waals surface area contributed by atoms with Crippen LogP contribution in [0.2, 0.25) is 0 Å². The lowest BCUT2D eigenvalue weighted by Crippen LogP contribution is -2.21. The monoisotopic (exact) mass is 398 g/mol. The summed E-state index contributed by atoms with van der Waals surface area (Å²) in [5.74, 6) is -0.179. The molecule has 0 saturated heterocycles. The van der Waals surface area contributed by atoms with Crippen LogP contribution in [0.3, 0.4) is 0 Å². The average molecular weight is 398 g/mol. The van der Waals surface area contributed by atoms with Gasteiger partial charge in [-0.25, -0.2) is 9.97 Å². The van der Waals surface area contributed by atoms with E-state index in [0.717, 1.165) is 6.07 Å². The van der Waals surface area contributed by atoms with Crippen LogP contribution in [-0.4, -0.2) is 30.8 Å². The van der Waals surface area contributed by atoms with Crippen molar-refractivity contribution in [2.75, 3.05) is 20.8 Å². The van der Waals surface area contributed by atoms with Crippen molar-refractivity contribution in [3.63, 3.8) is 0 Å². The largest absolute Gasteiger partial charge is 0.493 e. The van der Waals surface area contributed by atoms with Crippen molar-refractivity contribution in [3.05, 3.63) is 35.7 Å². The van der Waals surface area contributed by atoms with Crippen molar-refractivity contribution >= 4 is 10.2 Å². The molecule has 0 radical (unpaired) electrons. The van der Waals surface area contributed by atoms with Crippen molar-refractivity contribution in [1.29, 1.82) is 0 Å². The fraction of sp³-hybridized carbons (Fsp3) is 0.333. The highest BCUT2D eigenvalue weighted by atomic mass is 32.5. The van der Waals surface area contributed by atoms with Gasteiger partial charge in [0.25, 0.3) is 11.8 Å². The van der Waals surface area contributed by atoms with Crippen molar-refractivity contribution in [2.45, 2.75) is 17.2 Å². The molecular formula is C15H15F5N2O3S. The molecule has 1 aromatic carbocycles. The fourth-order valence-electron chi connectivity index (χ4n) is 2.63. The molecule has 1 aromatic heterocycles. The summed E-state index contributed by atoms with van der Waals surface area (Å²) >= 11 is 0. The Morgan fingerprint density at radius 1 is 1.08 bits per heavy atom. The standard InChI is InChI=1S/C15H15F5N2O3S/c1-23-14-15(24-2)22-12(7-21-14)10-5-9-3-4-11(6-13(9)25-8-10)26(16,17,18,19)20/h3-4,6-7,10H,5,8H2,1-2H3. The zero-order valence-electron chi connectivity index (χ0n) is 13.7. The van der Waals surface area contributed by atoms with Crippen LogP contribution in [0, 0.1) is 0 Å². The van der Waals surface area contributed by atoms with E-state index in [9.17, 15) is 19.4 Å². The molecule has 0 spiro atoms. The Morgan fingerprint density at radius 3 is 2.38 bits per heavy atom. The van der Waals surface area contributed by atoms with Gasteiger partial charge in [0.1, 0.15) is 10.6 Å². The highest BCUT2D eigenvalue weighted by Gasteiger charge is 2.65. The summed E-state index contributed by atoms with van der Waals surface area (Å²) in [4.78, 5) is 6.34. The first-order valence-corrected chi connectivity index (χ1v) is 9.31. The molecule has 0 aliphatic carbocycles. The van der Waals surface area contributed by atoms with Crippen molar-refractivity contribution in [3.8, 4) is 17.5 Å². The Labute approximate surface area is 145 Å². The minimum absolute atomic E-state index is 0.0269. The van der Waals surface area contributed by atoms with Gasteiger partial charge in [-0.3, -0.25) is 0 Å². The summed E-state index contributed by atoms with van der Waals surface area (Å²) in [7, 11) is -6.94. The number of nitrogens with zero attached hydrogens (tertiary/aromatic N) is 2. The average Bonchev–Trinajstić information content (AvgIpc) is 2.58. The predicted molar refractivity (Wildman–Crippen MR) is 84.9 cm³/mol. The molecule has 144 valence electrons. The van der Waals surface area contributed by atoms with Gasteiger partial charge in [-0.05, 0) is 18.1 Å². The van der Waals surface area contributed by atoms with E-state index < -0.39 is 15.1 Å². The molecule has 1 unspecified atom stereocenters.